The largest absolute Gasteiger partial charge is 0.343 e. The molecule has 0 saturated carbocycles. The summed E-state index contributed by atoms with van der Waals surface area (Å²) >= 11 is 1.45. The average molecular weight is 355 g/mol. The molecular formula is C18H17N3O3S. The van der Waals surface area contributed by atoms with Gasteiger partial charge in [-0.1, -0.05) is 48.5 Å². The Labute approximate surface area is 149 Å². The minimum absolute atomic E-state index is 0.165. The third-order valence-corrected chi connectivity index (χ3v) is 4.86. The second kappa shape index (κ2) is 7.85. The standard InChI is InChI=1S/C18H17N3O3S/c22-15(11-19-17(24)13-7-3-1-4-8-13)20-21-16(23)12-25-18(21)14-9-5-2-6-10-14/h1-10,18H,11-12H2,(H,19,24)(H,20,22). The van der Waals surface area contributed by atoms with Crippen LogP contribution in [0.15, 0.2) is 60.7 Å². The summed E-state index contributed by atoms with van der Waals surface area (Å²) in [4.78, 5) is 36.1. The Bertz CT molecular complexity index is 768. The first-order valence-corrected chi connectivity index (χ1v) is 8.81. The van der Waals surface area contributed by atoms with E-state index in [1.54, 1.807) is 24.3 Å². The smallest absolute Gasteiger partial charge is 0.258 e. The van der Waals surface area contributed by atoms with E-state index >= 15 is 0 Å². The molecule has 1 unspecified atom stereocenters. The monoisotopic (exact) mass is 355 g/mol. The van der Waals surface area contributed by atoms with Crippen molar-refractivity contribution in [3.8, 4) is 0 Å². The van der Waals surface area contributed by atoms with E-state index in [2.05, 4.69) is 10.7 Å². The van der Waals surface area contributed by atoms with Gasteiger partial charge in [0.2, 0.25) is 0 Å². The topological polar surface area (TPSA) is 78.5 Å². The molecule has 1 atom stereocenters. The van der Waals surface area contributed by atoms with E-state index in [0.29, 0.717) is 11.3 Å². The molecule has 0 spiro atoms. The highest BCUT2D eigenvalue weighted by molar-refractivity contribution is 8.00. The highest BCUT2D eigenvalue weighted by Crippen LogP contribution is 2.36. The molecule has 128 valence electrons. The Morgan fingerprint density at radius 3 is 2.36 bits per heavy atom. The highest BCUT2D eigenvalue weighted by atomic mass is 32.2. The van der Waals surface area contributed by atoms with Crippen molar-refractivity contribution < 1.29 is 14.4 Å². The van der Waals surface area contributed by atoms with Crippen LogP contribution >= 0.6 is 11.8 Å². The molecule has 25 heavy (non-hydrogen) atoms. The number of nitrogens with one attached hydrogen (secondary N) is 2. The fourth-order valence-electron chi connectivity index (χ4n) is 2.44. The lowest BCUT2D eigenvalue weighted by atomic mass is 10.2. The summed E-state index contributed by atoms with van der Waals surface area (Å²) in [7, 11) is 0. The number of rotatable bonds is 5. The number of benzene rings is 2. The van der Waals surface area contributed by atoms with Crippen LogP contribution in [0.5, 0.6) is 0 Å². The van der Waals surface area contributed by atoms with E-state index in [-0.39, 0.29) is 23.7 Å². The van der Waals surface area contributed by atoms with Crippen molar-refractivity contribution in [2.75, 3.05) is 12.3 Å². The van der Waals surface area contributed by atoms with Crippen LogP contribution in [0.2, 0.25) is 0 Å². The maximum atomic E-state index is 12.1. The second-order valence-corrected chi connectivity index (χ2v) is 6.49. The summed E-state index contributed by atoms with van der Waals surface area (Å²) in [5, 5.41) is 3.62. The van der Waals surface area contributed by atoms with Crippen molar-refractivity contribution >= 4 is 29.5 Å². The minimum atomic E-state index is -0.443. The molecule has 1 fully saturated rings. The molecule has 2 aromatic rings. The van der Waals surface area contributed by atoms with Gasteiger partial charge < -0.3 is 5.32 Å². The molecule has 7 heteroatoms. The van der Waals surface area contributed by atoms with Crippen LogP contribution in [-0.4, -0.2) is 35.0 Å². The predicted octanol–water partition coefficient (Wildman–Crippen LogP) is 1.72. The first-order chi connectivity index (χ1) is 12.1. The van der Waals surface area contributed by atoms with Gasteiger partial charge in [0.1, 0.15) is 5.37 Å². The van der Waals surface area contributed by atoms with E-state index in [0.717, 1.165) is 5.56 Å². The molecule has 3 rings (SSSR count). The summed E-state index contributed by atoms with van der Waals surface area (Å²) in [5.41, 5.74) is 4.01. The summed E-state index contributed by atoms with van der Waals surface area (Å²) in [6, 6.07) is 18.1. The fraction of sp³-hybridized carbons (Fsp3) is 0.167. The molecule has 6 nitrogen and oxygen atoms in total. The average Bonchev–Trinajstić information content (AvgIpc) is 3.01. The van der Waals surface area contributed by atoms with Crippen LogP contribution in [0.4, 0.5) is 0 Å². The maximum absolute atomic E-state index is 12.1. The van der Waals surface area contributed by atoms with Gasteiger partial charge in [0, 0.05) is 5.56 Å². The molecule has 1 aliphatic heterocycles. The van der Waals surface area contributed by atoms with Crippen molar-refractivity contribution in [2.45, 2.75) is 5.37 Å². The normalized spacial score (nSPS) is 16.6. The molecule has 0 bridgehead atoms. The quantitative estimate of drug-likeness (QED) is 0.856. The lowest BCUT2D eigenvalue weighted by Gasteiger charge is -2.24. The summed E-state index contributed by atoms with van der Waals surface area (Å²) in [6.07, 6.45) is 0. The maximum Gasteiger partial charge on any atom is 0.258 e. The zero-order valence-corrected chi connectivity index (χ0v) is 14.2. The van der Waals surface area contributed by atoms with Gasteiger partial charge >= 0.3 is 0 Å². The van der Waals surface area contributed by atoms with Gasteiger partial charge in [-0.15, -0.1) is 11.8 Å². The molecule has 0 aliphatic carbocycles. The zero-order valence-electron chi connectivity index (χ0n) is 13.3. The summed E-state index contributed by atoms with van der Waals surface area (Å²) in [6.45, 7) is -0.205. The fourth-order valence-corrected chi connectivity index (χ4v) is 3.54. The lowest BCUT2D eigenvalue weighted by molar-refractivity contribution is -0.138. The number of amides is 3. The molecule has 3 amide bonds. The third-order valence-electron chi connectivity index (χ3n) is 3.64. The number of hydrogen-bond donors (Lipinski definition) is 2. The Kier molecular flexibility index (Phi) is 5.35. The predicted molar refractivity (Wildman–Crippen MR) is 95.4 cm³/mol. The van der Waals surface area contributed by atoms with Crippen LogP contribution in [0, 0.1) is 0 Å². The molecule has 1 aliphatic rings. The van der Waals surface area contributed by atoms with Gasteiger partial charge in [0.05, 0.1) is 12.3 Å². The Balaban J connectivity index is 1.58. The number of nitrogens with zero attached hydrogens (tertiary/aromatic N) is 1. The number of carbonyl (C=O) groups is 3. The Morgan fingerprint density at radius 2 is 1.68 bits per heavy atom. The van der Waals surface area contributed by atoms with Gasteiger partial charge in [-0.25, -0.2) is 5.01 Å². The van der Waals surface area contributed by atoms with Crippen molar-refractivity contribution in [3.63, 3.8) is 0 Å². The zero-order chi connectivity index (χ0) is 17.6. The summed E-state index contributed by atoms with van der Waals surface area (Å²) in [5.74, 6) is -0.643. The van der Waals surface area contributed by atoms with Gasteiger partial charge in [-0.3, -0.25) is 19.8 Å². The first-order valence-electron chi connectivity index (χ1n) is 7.76. The van der Waals surface area contributed by atoms with Crippen LogP contribution in [0.1, 0.15) is 21.3 Å². The van der Waals surface area contributed by atoms with Gasteiger partial charge in [-0.05, 0) is 17.7 Å². The Morgan fingerprint density at radius 1 is 1.04 bits per heavy atom. The molecule has 2 N–H and O–H groups in total. The second-order valence-electron chi connectivity index (χ2n) is 5.42. The van der Waals surface area contributed by atoms with Crippen molar-refractivity contribution in [1.29, 1.82) is 0 Å². The number of carbonyl (C=O) groups excluding carboxylic acids is 3. The van der Waals surface area contributed by atoms with Crippen LogP contribution in [-0.2, 0) is 9.59 Å². The van der Waals surface area contributed by atoms with Crippen molar-refractivity contribution in [1.82, 2.24) is 15.8 Å². The van der Waals surface area contributed by atoms with Gasteiger partial charge in [0.25, 0.3) is 17.7 Å². The van der Waals surface area contributed by atoms with E-state index in [1.807, 2.05) is 36.4 Å². The molecule has 2 aromatic carbocycles. The van der Waals surface area contributed by atoms with Crippen molar-refractivity contribution in [3.05, 3.63) is 71.8 Å². The van der Waals surface area contributed by atoms with E-state index in [1.165, 1.54) is 16.8 Å². The highest BCUT2D eigenvalue weighted by Gasteiger charge is 2.34. The first kappa shape index (κ1) is 17.0. The van der Waals surface area contributed by atoms with Crippen LogP contribution in [0.25, 0.3) is 0 Å². The SMILES string of the molecule is O=C(CNC(=O)c1ccccc1)NN1C(=O)CSC1c1ccccc1. The third kappa shape index (κ3) is 4.19. The Hall–Kier alpha value is -2.80. The number of thioether (sulfide) groups is 1. The van der Waals surface area contributed by atoms with E-state index < -0.39 is 5.91 Å². The minimum Gasteiger partial charge on any atom is -0.343 e. The van der Waals surface area contributed by atoms with Crippen molar-refractivity contribution in [2.24, 2.45) is 0 Å². The summed E-state index contributed by atoms with van der Waals surface area (Å²) < 4.78 is 0. The number of hydrogen-bond acceptors (Lipinski definition) is 4. The van der Waals surface area contributed by atoms with Gasteiger partial charge in [0.15, 0.2) is 0 Å². The molecule has 0 radical (unpaired) electrons. The number of hydrazine groups is 1. The molecule has 0 aromatic heterocycles. The molecule has 1 saturated heterocycles. The van der Waals surface area contributed by atoms with Crippen LogP contribution < -0.4 is 10.7 Å². The van der Waals surface area contributed by atoms with E-state index in [4.69, 9.17) is 0 Å². The molecule has 1 heterocycles. The lowest BCUT2D eigenvalue weighted by Crippen LogP contribution is -2.48. The molecular weight excluding hydrogens is 338 g/mol. The van der Waals surface area contributed by atoms with E-state index in [9.17, 15) is 14.4 Å². The van der Waals surface area contributed by atoms with Gasteiger partial charge in [-0.2, -0.15) is 0 Å². The van der Waals surface area contributed by atoms with Crippen LogP contribution in [0.3, 0.4) is 0 Å².